The van der Waals surface area contributed by atoms with Crippen molar-refractivity contribution >= 4 is 23.4 Å². The summed E-state index contributed by atoms with van der Waals surface area (Å²) < 4.78 is 0. The van der Waals surface area contributed by atoms with Gasteiger partial charge < -0.3 is 10.3 Å². The van der Waals surface area contributed by atoms with Crippen LogP contribution in [0.4, 0.5) is 5.82 Å². The molecule has 7 heteroatoms. The zero-order valence-electron chi connectivity index (χ0n) is 18.2. The fourth-order valence-electron chi connectivity index (χ4n) is 4.31. The molecule has 0 saturated carbocycles. The number of aromatic amines is 1. The summed E-state index contributed by atoms with van der Waals surface area (Å²) in [6.07, 6.45) is 2.11. The Morgan fingerprint density at radius 1 is 1.26 bits per heavy atom. The molecule has 1 aliphatic carbocycles. The molecule has 31 heavy (non-hydrogen) atoms. The second-order valence-corrected chi connectivity index (χ2v) is 10.5. The molecule has 1 aromatic heterocycles. The lowest BCUT2D eigenvalue weighted by Gasteiger charge is -2.38. The number of carbonyl (C=O) groups is 1. The summed E-state index contributed by atoms with van der Waals surface area (Å²) in [6, 6.07) is 9.23. The molecule has 0 amide bonds. The van der Waals surface area contributed by atoms with Crippen molar-refractivity contribution in [2.45, 2.75) is 63.3 Å². The first-order valence-corrected chi connectivity index (χ1v) is 11.4. The van der Waals surface area contributed by atoms with Crippen molar-refractivity contribution in [3.63, 3.8) is 0 Å². The molecule has 0 fully saturated rings. The van der Waals surface area contributed by atoms with Crippen LogP contribution in [-0.2, 0) is 4.79 Å². The number of ketones is 1. The minimum atomic E-state index is -0.499. The van der Waals surface area contributed by atoms with Crippen LogP contribution in [0.15, 0.2) is 45.5 Å². The number of allylic oxidation sites excluding steroid dienone is 2. The van der Waals surface area contributed by atoms with Crippen molar-refractivity contribution in [2.75, 3.05) is 5.32 Å². The Bertz CT molecular complexity index is 1170. The predicted molar refractivity (Wildman–Crippen MR) is 122 cm³/mol. The number of aromatic nitrogens is 2. The number of hydrogen-bond acceptors (Lipinski definition) is 6. The molecule has 6 nitrogen and oxygen atoms in total. The van der Waals surface area contributed by atoms with Gasteiger partial charge in [-0.1, -0.05) is 51.6 Å². The van der Waals surface area contributed by atoms with E-state index in [4.69, 9.17) is 10.2 Å². The maximum Gasteiger partial charge on any atom is 0.257 e. The van der Waals surface area contributed by atoms with Crippen LogP contribution in [0.3, 0.4) is 0 Å². The highest BCUT2D eigenvalue weighted by molar-refractivity contribution is 7.99. The van der Waals surface area contributed by atoms with Gasteiger partial charge in [0, 0.05) is 28.9 Å². The summed E-state index contributed by atoms with van der Waals surface area (Å²) in [6.45, 7) is 8.36. The second kappa shape index (κ2) is 8.01. The minimum absolute atomic E-state index is 0.0521. The van der Waals surface area contributed by atoms with Crippen molar-refractivity contribution < 1.29 is 4.79 Å². The summed E-state index contributed by atoms with van der Waals surface area (Å²) in [5, 5.41) is 13.4. The zero-order valence-corrected chi connectivity index (χ0v) is 19.0. The number of nitriles is 1. The SMILES string of the molecule is CC[C@H](C)Sc1nc2c(c(=O)[nH]1)[C@@H](c1ccc(C#N)cc1)C1=C(CC(C)(C)CC1=O)N2. The molecule has 160 valence electrons. The summed E-state index contributed by atoms with van der Waals surface area (Å²) in [7, 11) is 0. The molecule has 1 aromatic carbocycles. The summed E-state index contributed by atoms with van der Waals surface area (Å²) in [5.74, 6) is 0.0749. The molecule has 2 aliphatic rings. The van der Waals surface area contributed by atoms with E-state index in [1.807, 2.05) is 12.1 Å². The van der Waals surface area contributed by atoms with E-state index >= 15 is 0 Å². The second-order valence-electron chi connectivity index (χ2n) is 9.10. The summed E-state index contributed by atoms with van der Waals surface area (Å²) in [4.78, 5) is 34.1. The van der Waals surface area contributed by atoms with Crippen LogP contribution >= 0.6 is 11.8 Å². The molecule has 1 aliphatic heterocycles. The highest BCUT2D eigenvalue weighted by atomic mass is 32.2. The number of benzene rings is 1. The monoisotopic (exact) mass is 434 g/mol. The van der Waals surface area contributed by atoms with E-state index in [0.717, 1.165) is 17.7 Å². The van der Waals surface area contributed by atoms with Crippen LogP contribution in [0.25, 0.3) is 0 Å². The van der Waals surface area contributed by atoms with Gasteiger partial charge in [0.25, 0.3) is 5.56 Å². The van der Waals surface area contributed by atoms with E-state index in [1.54, 1.807) is 12.1 Å². The molecule has 0 radical (unpaired) electrons. The largest absolute Gasteiger partial charge is 0.343 e. The maximum absolute atomic E-state index is 13.2. The average Bonchev–Trinajstić information content (AvgIpc) is 2.71. The van der Waals surface area contributed by atoms with Crippen LogP contribution in [0, 0.1) is 16.7 Å². The number of fused-ring (bicyclic) bond motifs is 1. The number of carbonyl (C=O) groups excluding carboxylic acids is 1. The first-order valence-electron chi connectivity index (χ1n) is 10.6. The van der Waals surface area contributed by atoms with Crippen LogP contribution in [-0.4, -0.2) is 21.0 Å². The van der Waals surface area contributed by atoms with Crippen LogP contribution < -0.4 is 10.9 Å². The number of thioether (sulfide) groups is 1. The Labute approximate surface area is 186 Å². The van der Waals surface area contributed by atoms with E-state index in [-0.39, 0.29) is 16.8 Å². The van der Waals surface area contributed by atoms with E-state index in [0.29, 0.717) is 45.8 Å². The van der Waals surface area contributed by atoms with Gasteiger partial charge in [-0.25, -0.2) is 4.98 Å². The highest BCUT2D eigenvalue weighted by Gasteiger charge is 2.42. The van der Waals surface area contributed by atoms with Gasteiger partial charge in [0.1, 0.15) is 5.82 Å². The standard InChI is InChI=1S/C24H26N4O2S/c1-5-13(2)31-23-27-21-20(22(30)28-23)18(15-8-6-14(12-25)7-9-15)19-16(26-21)10-24(3,4)11-17(19)29/h6-9,13,18H,5,10-11H2,1-4H3,(H2,26,27,28,30)/t13-,18-/m0/s1. The Morgan fingerprint density at radius 2 is 1.97 bits per heavy atom. The Kier molecular flexibility index (Phi) is 5.52. The fraction of sp³-hybridized carbons (Fsp3) is 0.417. The third-order valence-electron chi connectivity index (χ3n) is 5.96. The van der Waals surface area contributed by atoms with Crippen molar-refractivity contribution in [2.24, 2.45) is 5.41 Å². The number of anilines is 1. The van der Waals surface area contributed by atoms with Gasteiger partial charge in [-0.3, -0.25) is 9.59 Å². The Balaban J connectivity index is 1.90. The van der Waals surface area contributed by atoms with Gasteiger partial charge in [0.05, 0.1) is 17.2 Å². The zero-order chi connectivity index (χ0) is 22.3. The number of nitrogens with one attached hydrogen (secondary N) is 2. The smallest absolute Gasteiger partial charge is 0.257 e. The first kappa shape index (κ1) is 21.4. The van der Waals surface area contributed by atoms with E-state index in [9.17, 15) is 9.59 Å². The molecule has 2 heterocycles. The van der Waals surface area contributed by atoms with E-state index < -0.39 is 5.92 Å². The van der Waals surface area contributed by atoms with Gasteiger partial charge in [0.2, 0.25) is 0 Å². The van der Waals surface area contributed by atoms with Gasteiger partial charge in [-0.2, -0.15) is 5.26 Å². The molecule has 2 N–H and O–H groups in total. The van der Waals surface area contributed by atoms with Crippen molar-refractivity contribution in [1.82, 2.24) is 9.97 Å². The molecule has 2 atom stereocenters. The van der Waals surface area contributed by atoms with Crippen molar-refractivity contribution in [3.8, 4) is 6.07 Å². The lowest BCUT2D eigenvalue weighted by molar-refractivity contribution is -0.118. The molecule has 0 unspecified atom stereocenters. The highest BCUT2D eigenvalue weighted by Crippen LogP contribution is 2.47. The molecule has 4 rings (SSSR count). The van der Waals surface area contributed by atoms with Gasteiger partial charge >= 0.3 is 0 Å². The van der Waals surface area contributed by atoms with Crippen LogP contribution in [0.1, 0.15) is 69.6 Å². The van der Waals surface area contributed by atoms with E-state index in [2.05, 4.69) is 44.1 Å². The number of Topliss-reactive ketones (excluding diaryl/α,β-unsaturated/α-hetero) is 1. The molecular weight excluding hydrogens is 408 g/mol. The number of hydrogen-bond donors (Lipinski definition) is 2. The lowest BCUT2D eigenvalue weighted by Crippen LogP contribution is -2.37. The normalized spacial score (nSPS) is 20.4. The van der Waals surface area contributed by atoms with Crippen LogP contribution in [0.2, 0.25) is 0 Å². The van der Waals surface area contributed by atoms with Gasteiger partial charge in [-0.15, -0.1) is 0 Å². The first-order chi connectivity index (χ1) is 14.7. The van der Waals surface area contributed by atoms with Crippen molar-refractivity contribution in [3.05, 3.63) is 62.6 Å². The number of rotatable bonds is 4. The fourth-order valence-corrected chi connectivity index (χ4v) is 5.15. The molecule has 2 aromatic rings. The van der Waals surface area contributed by atoms with Gasteiger partial charge in [-0.05, 0) is 36.0 Å². The van der Waals surface area contributed by atoms with Crippen LogP contribution in [0.5, 0.6) is 0 Å². The topological polar surface area (TPSA) is 98.6 Å². The molecule has 0 bridgehead atoms. The molecular formula is C24H26N4O2S. The quantitative estimate of drug-likeness (QED) is 0.533. The average molecular weight is 435 g/mol. The maximum atomic E-state index is 13.2. The van der Waals surface area contributed by atoms with Gasteiger partial charge in [0.15, 0.2) is 10.9 Å². The summed E-state index contributed by atoms with van der Waals surface area (Å²) in [5.41, 5.74) is 2.91. The predicted octanol–water partition coefficient (Wildman–Crippen LogP) is 4.73. The minimum Gasteiger partial charge on any atom is -0.343 e. The Hall–Kier alpha value is -2.85. The molecule has 0 saturated heterocycles. The third-order valence-corrected chi connectivity index (χ3v) is 7.11. The number of nitrogens with zero attached hydrogens (tertiary/aromatic N) is 2. The third kappa shape index (κ3) is 4.05. The number of H-pyrrole nitrogens is 1. The summed E-state index contributed by atoms with van der Waals surface area (Å²) >= 11 is 1.54. The van der Waals surface area contributed by atoms with E-state index in [1.165, 1.54) is 11.8 Å². The van der Waals surface area contributed by atoms with Crippen molar-refractivity contribution in [1.29, 1.82) is 5.26 Å². The molecule has 0 spiro atoms. The lowest BCUT2D eigenvalue weighted by atomic mass is 9.69. The Morgan fingerprint density at radius 3 is 2.61 bits per heavy atom.